The van der Waals surface area contributed by atoms with Gasteiger partial charge in [-0.1, -0.05) is 6.07 Å². The van der Waals surface area contributed by atoms with Crippen LogP contribution in [0.4, 0.5) is 11.4 Å². The van der Waals surface area contributed by atoms with E-state index in [2.05, 4.69) is 10.0 Å². The molecule has 0 bridgehead atoms. The molecule has 1 aromatic carbocycles. The molecule has 0 fully saturated rings. The second-order valence-electron chi connectivity index (χ2n) is 4.94. The molecule has 0 saturated carbocycles. The zero-order chi connectivity index (χ0) is 14.7. The molecule has 0 spiro atoms. The van der Waals surface area contributed by atoms with Crippen molar-refractivity contribution < 1.29 is 13.2 Å². The van der Waals surface area contributed by atoms with E-state index in [9.17, 15) is 13.2 Å². The van der Waals surface area contributed by atoms with Crippen LogP contribution in [0, 0.1) is 0 Å². The minimum atomic E-state index is -3.83. The van der Waals surface area contributed by atoms with Crippen molar-refractivity contribution >= 4 is 27.5 Å². The second-order valence-corrected chi connectivity index (χ2v) is 6.24. The number of nitrogens with one attached hydrogen (secondary N) is 2. The van der Waals surface area contributed by atoms with Gasteiger partial charge in [-0.2, -0.15) is 8.42 Å². The van der Waals surface area contributed by atoms with Crippen molar-refractivity contribution in [2.75, 3.05) is 10.0 Å². The summed E-state index contributed by atoms with van der Waals surface area (Å²) in [6, 6.07) is 6.21. The highest BCUT2D eigenvalue weighted by molar-refractivity contribution is 7.90. The smallest absolute Gasteiger partial charge is 0.296 e. The molecule has 0 unspecified atom stereocenters. The number of anilines is 2. The Morgan fingerprint density at radius 3 is 2.42 bits per heavy atom. The van der Waals surface area contributed by atoms with E-state index >= 15 is 0 Å². The first-order valence-corrected chi connectivity index (χ1v) is 7.09. The van der Waals surface area contributed by atoms with Gasteiger partial charge >= 0.3 is 0 Å². The van der Waals surface area contributed by atoms with Crippen LogP contribution >= 0.6 is 0 Å². The fourth-order valence-electron chi connectivity index (χ4n) is 1.44. The molecule has 0 aliphatic carbocycles. The molecule has 0 atom stereocenters. The van der Waals surface area contributed by atoms with Gasteiger partial charge in [-0.3, -0.25) is 9.52 Å². The molecule has 8 heteroatoms. The minimum Gasteiger partial charge on any atom is -0.326 e. The third-order valence-electron chi connectivity index (χ3n) is 2.02. The lowest BCUT2D eigenvalue weighted by Crippen LogP contribution is -2.36. The van der Waals surface area contributed by atoms with Gasteiger partial charge in [-0.05, 0) is 32.0 Å². The van der Waals surface area contributed by atoms with E-state index in [-0.39, 0.29) is 18.0 Å². The van der Waals surface area contributed by atoms with Crippen molar-refractivity contribution in [3.05, 3.63) is 24.3 Å². The third kappa shape index (κ3) is 6.75. The number of benzene rings is 1. The third-order valence-corrected chi connectivity index (χ3v) is 2.54. The lowest BCUT2D eigenvalue weighted by atomic mass is 10.0. The monoisotopic (exact) mass is 286 g/mol. The second kappa shape index (κ2) is 5.55. The molecule has 0 heterocycles. The number of hydrogen-bond donors (Lipinski definition) is 4. The minimum absolute atomic E-state index is 0.153. The number of rotatable bonds is 5. The van der Waals surface area contributed by atoms with Gasteiger partial charge in [0.15, 0.2) is 0 Å². The van der Waals surface area contributed by atoms with Gasteiger partial charge in [-0.15, -0.1) is 0 Å². The van der Waals surface area contributed by atoms with Gasteiger partial charge in [0.05, 0.1) is 5.69 Å². The maximum Gasteiger partial charge on any atom is 0.296 e. The van der Waals surface area contributed by atoms with E-state index in [0.717, 1.165) is 0 Å². The molecule has 0 radical (unpaired) electrons. The zero-order valence-corrected chi connectivity index (χ0v) is 11.6. The van der Waals surface area contributed by atoms with Crippen LogP contribution in [0.3, 0.4) is 0 Å². The predicted octanol–water partition coefficient (Wildman–Crippen LogP) is 0.368. The Balaban J connectivity index is 2.75. The standard InChI is InChI=1S/C11H18N4O3S/c1-11(2,12)7-10(16)14-8-4-3-5-9(6-8)15-19(13,17)18/h3-6,15H,7,12H2,1-2H3,(H,14,16)(H2,13,17,18). The Kier molecular flexibility index (Phi) is 4.51. The summed E-state index contributed by atoms with van der Waals surface area (Å²) in [4.78, 5) is 11.7. The maximum absolute atomic E-state index is 11.7. The van der Waals surface area contributed by atoms with Gasteiger partial charge in [0.2, 0.25) is 5.91 Å². The fraction of sp³-hybridized carbons (Fsp3) is 0.364. The van der Waals surface area contributed by atoms with Crippen LogP contribution in [0.25, 0.3) is 0 Å². The first-order valence-electron chi connectivity index (χ1n) is 5.54. The molecule has 19 heavy (non-hydrogen) atoms. The van der Waals surface area contributed by atoms with Crippen molar-refractivity contribution in [3.8, 4) is 0 Å². The molecule has 0 aliphatic heterocycles. The van der Waals surface area contributed by atoms with E-state index in [1.807, 2.05) is 0 Å². The van der Waals surface area contributed by atoms with Crippen molar-refractivity contribution in [1.29, 1.82) is 0 Å². The van der Waals surface area contributed by atoms with E-state index in [1.165, 1.54) is 12.1 Å². The van der Waals surface area contributed by atoms with Crippen LogP contribution in [0.2, 0.25) is 0 Å². The van der Waals surface area contributed by atoms with Gasteiger partial charge < -0.3 is 11.1 Å². The molecule has 0 saturated heterocycles. The van der Waals surface area contributed by atoms with E-state index < -0.39 is 15.7 Å². The van der Waals surface area contributed by atoms with Crippen molar-refractivity contribution in [3.63, 3.8) is 0 Å². The summed E-state index contributed by atoms with van der Waals surface area (Å²) in [5.41, 5.74) is 5.86. The summed E-state index contributed by atoms with van der Waals surface area (Å²) in [5.74, 6) is -0.250. The highest BCUT2D eigenvalue weighted by Crippen LogP contribution is 2.16. The topological polar surface area (TPSA) is 127 Å². The number of carbonyl (C=O) groups is 1. The normalized spacial score (nSPS) is 12.0. The van der Waals surface area contributed by atoms with Crippen LogP contribution < -0.4 is 20.9 Å². The van der Waals surface area contributed by atoms with Crippen molar-refractivity contribution in [2.45, 2.75) is 25.8 Å². The Bertz CT molecular complexity index is 564. The maximum atomic E-state index is 11.7. The highest BCUT2D eigenvalue weighted by atomic mass is 32.2. The number of hydrogen-bond acceptors (Lipinski definition) is 4. The molecule has 0 aliphatic rings. The Morgan fingerprint density at radius 2 is 1.89 bits per heavy atom. The average molecular weight is 286 g/mol. The Hall–Kier alpha value is -1.64. The fourth-order valence-corrected chi connectivity index (χ4v) is 1.90. The molecule has 7 nitrogen and oxygen atoms in total. The largest absolute Gasteiger partial charge is 0.326 e. The lowest BCUT2D eigenvalue weighted by Gasteiger charge is -2.17. The molecule has 1 rings (SSSR count). The summed E-state index contributed by atoms with van der Waals surface area (Å²) in [6.07, 6.45) is 0.153. The zero-order valence-electron chi connectivity index (χ0n) is 10.8. The quantitative estimate of drug-likeness (QED) is 0.623. The Labute approximate surface area is 112 Å². The van der Waals surface area contributed by atoms with E-state index in [1.54, 1.807) is 26.0 Å². The van der Waals surface area contributed by atoms with Crippen LogP contribution in [-0.2, 0) is 15.0 Å². The number of nitrogens with two attached hydrogens (primary N) is 2. The summed E-state index contributed by atoms with van der Waals surface area (Å²) in [6.45, 7) is 3.48. The first kappa shape index (κ1) is 15.4. The van der Waals surface area contributed by atoms with Crippen molar-refractivity contribution in [1.82, 2.24) is 0 Å². The predicted molar refractivity (Wildman–Crippen MR) is 74.7 cm³/mol. The van der Waals surface area contributed by atoms with Gasteiger partial charge in [0.1, 0.15) is 0 Å². The number of amides is 1. The number of carbonyl (C=O) groups excluding carboxylic acids is 1. The molecular formula is C11H18N4O3S. The van der Waals surface area contributed by atoms with Gasteiger partial charge in [0, 0.05) is 17.6 Å². The molecule has 0 aromatic heterocycles. The summed E-state index contributed by atoms with van der Waals surface area (Å²) < 4.78 is 23.9. The average Bonchev–Trinajstić information content (AvgIpc) is 2.11. The van der Waals surface area contributed by atoms with Gasteiger partial charge in [0.25, 0.3) is 10.2 Å². The highest BCUT2D eigenvalue weighted by Gasteiger charge is 2.16. The van der Waals surface area contributed by atoms with Crippen LogP contribution in [0.1, 0.15) is 20.3 Å². The molecule has 1 aromatic rings. The summed E-state index contributed by atoms with van der Waals surface area (Å²) >= 11 is 0. The molecule has 6 N–H and O–H groups in total. The molecule has 1 amide bonds. The van der Waals surface area contributed by atoms with Gasteiger partial charge in [-0.25, -0.2) is 5.14 Å². The summed E-state index contributed by atoms with van der Waals surface area (Å²) in [7, 11) is -3.83. The summed E-state index contributed by atoms with van der Waals surface area (Å²) in [5, 5.41) is 7.49. The van der Waals surface area contributed by atoms with E-state index in [4.69, 9.17) is 10.9 Å². The van der Waals surface area contributed by atoms with Crippen LogP contribution in [0.5, 0.6) is 0 Å². The van der Waals surface area contributed by atoms with Crippen molar-refractivity contribution in [2.24, 2.45) is 10.9 Å². The first-order chi connectivity index (χ1) is 8.55. The lowest BCUT2D eigenvalue weighted by molar-refractivity contribution is -0.117. The van der Waals surface area contributed by atoms with Crippen LogP contribution in [0.15, 0.2) is 24.3 Å². The Morgan fingerprint density at radius 1 is 1.32 bits per heavy atom. The molecule has 106 valence electrons. The van der Waals surface area contributed by atoms with E-state index in [0.29, 0.717) is 5.69 Å². The SMILES string of the molecule is CC(C)(N)CC(=O)Nc1cccc(NS(N)(=O)=O)c1. The molecular weight excluding hydrogens is 268 g/mol. The van der Waals surface area contributed by atoms with Crippen LogP contribution in [-0.4, -0.2) is 19.9 Å².